The van der Waals surface area contributed by atoms with E-state index < -0.39 is 0 Å². The fraction of sp³-hybridized carbons (Fsp3) is 0.0435. The first kappa shape index (κ1) is 30.7. The molecule has 52 heavy (non-hydrogen) atoms. The van der Waals surface area contributed by atoms with Gasteiger partial charge in [-0.2, -0.15) is 0 Å². The molecule has 3 heterocycles. The molecule has 10 aromatic rings. The molecule has 4 nitrogen and oxygen atoms in total. The van der Waals surface area contributed by atoms with Crippen molar-refractivity contribution in [2.45, 2.75) is 13.0 Å². The minimum atomic E-state index is -0.160. The van der Waals surface area contributed by atoms with E-state index in [1.807, 2.05) is 53.0 Å². The summed E-state index contributed by atoms with van der Waals surface area (Å²) in [4.78, 5) is 13.8. The number of hydrogen-bond acceptors (Lipinski definition) is 3. The summed E-state index contributed by atoms with van der Waals surface area (Å²) in [5, 5.41) is 7.49. The summed E-state index contributed by atoms with van der Waals surface area (Å²) in [5.74, 6) is 1.05. The van der Waals surface area contributed by atoms with E-state index in [-0.39, 0.29) is 6.04 Å². The number of amidine groups is 2. The van der Waals surface area contributed by atoms with E-state index in [4.69, 9.17) is 15.7 Å². The summed E-state index contributed by atoms with van der Waals surface area (Å²) >= 11 is 3.70. The summed E-state index contributed by atoms with van der Waals surface area (Å²) in [7, 11) is 0. The molecule has 3 N–H and O–H groups in total. The molecule has 0 bridgehead atoms. The minimum absolute atomic E-state index is 0.160. The molecule has 3 aromatic heterocycles. The molecule has 0 aliphatic heterocycles. The number of thiophene rings is 2. The molecule has 6 heteroatoms. The van der Waals surface area contributed by atoms with Gasteiger partial charge >= 0.3 is 0 Å². The largest absolute Gasteiger partial charge is 0.383 e. The van der Waals surface area contributed by atoms with Crippen molar-refractivity contribution in [3.8, 4) is 11.1 Å². The van der Waals surface area contributed by atoms with Gasteiger partial charge in [0.2, 0.25) is 0 Å². The Balaban J connectivity index is 1.07. The van der Waals surface area contributed by atoms with Crippen LogP contribution in [0.3, 0.4) is 0 Å². The first-order chi connectivity index (χ1) is 25.6. The van der Waals surface area contributed by atoms with Gasteiger partial charge in [-0.15, -0.1) is 22.7 Å². The number of hydrogen-bond donors (Lipinski definition) is 2. The van der Waals surface area contributed by atoms with Crippen LogP contribution in [0.15, 0.2) is 162 Å². The normalized spacial score (nSPS) is 13.3. The van der Waals surface area contributed by atoms with Crippen molar-refractivity contribution in [1.82, 2.24) is 4.98 Å². The molecule has 0 aliphatic rings. The third-order valence-corrected chi connectivity index (χ3v) is 12.4. The van der Waals surface area contributed by atoms with E-state index >= 15 is 0 Å². The SMILES string of the molecule is CC(N=C(N=C(N)c1ccccc1)c1ccc2sc3cc(-c4cccc5c4sc4ccccc45)ccc3c2c1)c1ccc2c(c1)[nH]c1ccccc12. The Morgan fingerprint density at radius 2 is 1.29 bits per heavy atom. The van der Waals surface area contributed by atoms with Crippen LogP contribution < -0.4 is 5.73 Å². The maximum absolute atomic E-state index is 6.65. The average Bonchev–Trinajstić information content (AvgIpc) is 3.88. The van der Waals surface area contributed by atoms with Crippen LogP contribution in [-0.4, -0.2) is 16.7 Å². The number of aromatic amines is 1. The van der Waals surface area contributed by atoms with Gasteiger partial charge in [-0.05, 0) is 66.1 Å². The summed E-state index contributed by atoms with van der Waals surface area (Å²) < 4.78 is 5.14. The molecule has 1 atom stereocenters. The second-order valence-electron chi connectivity index (χ2n) is 13.3. The Morgan fingerprint density at radius 3 is 2.19 bits per heavy atom. The highest BCUT2D eigenvalue weighted by atomic mass is 32.1. The van der Waals surface area contributed by atoms with E-state index in [2.05, 4.69) is 133 Å². The fourth-order valence-electron chi connectivity index (χ4n) is 7.40. The first-order valence-corrected chi connectivity index (χ1v) is 19.1. The van der Waals surface area contributed by atoms with E-state index in [1.54, 1.807) is 0 Å². The maximum atomic E-state index is 6.65. The van der Waals surface area contributed by atoms with Crippen molar-refractivity contribution in [2.24, 2.45) is 15.7 Å². The molecule has 0 saturated carbocycles. The highest BCUT2D eigenvalue weighted by Crippen LogP contribution is 2.42. The molecule has 0 spiro atoms. The van der Waals surface area contributed by atoms with Crippen LogP contribution in [0.2, 0.25) is 0 Å². The average molecular weight is 705 g/mol. The smallest absolute Gasteiger partial charge is 0.157 e. The maximum Gasteiger partial charge on any atom is 0.157 e. The van der Waals surface area contributed by atoms with Gasteiger partial charge in [0, 0.05) is 73.3 Å². The van der Waals surface area contributed by atoms with Gasteiger partial charge in [0.15, 0.2) is 5.84 Å². The third-order valence-electron chi connectivity index (χ3n) is 10.1. The van der Waals surface area contributed by atoms with Crippen molar-refractivity contribution in [1.29, 1.82) is 0 Å². The number of nitrogens with one attached hydrogen (secondary N) is 1. The van der Waals surface area contributed by atoms with Crippen LogP contribution in [0.25, 0.3) is 73.3 Å². The van der Waals surface area contributed by atoms with Crippen LogP contribution in [0.5, 0.6) is 0 Å². The molecule has 0 aliphatic carbocycles. The summed E-state index contributed by atoms with van der Waals surface area (Å²) in [6.07, 6.45) is 0. The number of para-hydroxylation sites is 1. The molecule has 0 saturated heterocycles. The second-order valence-corrected chi connectivity index (χ2v) is 15.4. The van der Waals surface area contributed by atoms with Crippen LogP contribution >= 0.6 is 22.7 Å². The van der Waals surface area contributed by atoms with Gasteiger partial charge in [-0.25, -0.2) is 4.99 Å². The van der Waals surface area contributed by atoms with Gasteiger partial charge in [0.05, 0.1) is 6.04 Å². The van der Waals surface area contributed by atoms with Crippen molar-refractivity contribution in [2.75, 3.05) is 0 Å². The predicted octanol–water partition coefficient (Wildman–Crippen LogP) is 12.6. The molecule has 1 unspecified atom stereocenters. The zero-order valence-electron chi connectivity index (χ0n) is 28.3. The van der Waals surface area contributed by atoms with Crippen LogP contribution in [0.4, 0.5) is 0 Å². The Kier molecular flexibility index (Phi) is 7.27. The standard InChI is InChI=1S/C46H32N4S2/c1-27(29-18-21-34-33-12-5-7-16-39(33)49-40(34)25-29)48-46(50-45(47)28-10-3-2-4-11-28)31-20-23-42-38(24-31)36-22-19-30(26-43(36)51-42)32-14-9-15-37-35-13-6-8-17-41(35)52-44(32)37/h2-27,49H,1H3,(H2,47,48,50). The zero-order valence-corrected chi connectivity index (χ0v) is 29.9. The van der Waals surface area contributed by atoms with Gasteiger partial charge in [0.1, 0.15) is 5.84 Å². The molecule has 0 radical (unpaired) electrons. The lowest BCUT2D eigenvalue weighted by Gasteiger charge is -2.11. The highest BCUT2D eigenvalue weighted by molar-refractivity contribution is 7.26. The molecular weight excluding hydrogens is 673 g/mol. The number of H-pyrrole nitrogens is 1. The topological polar surface area (TPSA) is 66.5 Å². The summed E-state index contributed by atoms with van der Waals surface area (Å²) in [5.41, 5.74) is 14.3. The number of nitrogens with two attached hydrogens (primary N) is 1. The molecule has 10 rings (SSSR count). The Bertz CT molecular complexity index is 3050. The van der Waals surface area contributed by atoms with Gasteiger partial charge < -0.3 is 10.7 Å². The molecule has 0 amide bonds. The predicted molar refractivity (Wildman–Crippen MR) is 226 cm³/mol. The van der Waals surface area contributed by atoms with Crippen LogP contribution in [-0.2, 0) is 0 Å². The summed E-state index contributed by atoms with van der Waals surface area (Å²) in [6, 6.07) is 53.5. The van der Waals surface area contributed by atoms with Gasteiger partial charge in [0.25, 0.3) is 0 Å². The van der Waals surface area contributed by atoms with Crippen LogP contribution in [0.1, 0.15) is 29.7 Å². The Labute approximate surface area is 308 Å². The van der Waals surface area contributed by atoms with Crippen LogP contribution in [0, 0.1) is 0 Å². The minimum Gasteiger partial charge on any atom is -0.383 e. The van der Waals surface area contributed by atoms with Crippen molar-refractivity contribution in [3.05, 3.63) is 168 Å². The molecule has 0 fully saturated rings. The van der Waals surface area contributed by atoms with Crippen molar-refractivity contribution >= 4 is 96.5 Å². The van der Waals surface area contributed by atoms with E-state index in [0.29, 0.717) is 11.7 Å². The molecule has 248 valence electrons. The quantitative estimate of drug-likeness (QED) is 0.136. The lowest BCUT2D eigenvalue weighted by atomic mass is 10.0. The number of rotatable bonds is 5. The second kappa shape index (κ2) is 12.3. The number of fused-ring (bicyclic) bond motifs is 9. The lowest BCUT2D eigenvalue weighted by Crippen LogP contribution is -2.16. The Hall–Kier alpha value is -6.08. The van der Waals surface area contributed by atoms with Gasteiger partial charge in [-0.1, -0.05) is 109 Å². The van der Waals surface area contributed by atoms with E-state index in [0.717, 1.165) is 27.7 Å². The third kappa shape index (κ3) is 5.18. The highest BCUT2D eigenvalue weighted by Gasteiger charge is 2.16. The van der Waals surface area contributed by atoms with Crippen molar-refractivity contribution in [3.63, 3.8) is 0 Å². The van der Waals surface area contributed by atoms with E-state index in [1.165, 1.54) is 62.2 Å². The molecule has 7 aromatic carbocycles. The Morgan fingerprint density at radius 1 is 0.558 bits per heavy atom. The zero-order chi connectivity index (χ0) is 34.8. The van der Waals surface area contributed by atoms with E-state index in [9.17, 15) is 0 Å². The van der Waals surface area contributed by atoms with Crippen molar-refractivity contribution < 1.29 is 0 Å². The lowest BCUT2D eigenvalue weighted by molar-refractivity contribution is 0.820. The monoisotopic (exact) mass is 704 g/mol. The number of benzene rings is 7. The number of aliphatic imine (C=N–C) groups is 2. The fourth-order valence-corrected chi connectivity index (χ4v) is 9.77. The molecular formula is C46H32N4S2. The number of nitrogens with zero attached hydrogens (tertiary/aromatic N) is 2. The first-order valence-electron chi connectivity index (χ1n) is 17.4. The number of aromatic nitrogens is 1. The van der Waals surface area contributed by atoms with Gasteiger partial charge in [-0.3, -0.25) is 4.99 Å². The summed E-state index contributed by atoms with van der Waals surface area (Å²) in [6.45, 7) is 2.12.